The molecule has 1 atom stereocenters. The Morgan fingerprint density at radius 3 is 2.48 bits per heavy atom. The van der Waals surface area contributed by atoms with Crippen molar-refractivity contribution in [2.45, 2.75) is 32.3 Å². The van der Waals surface area contributed by atoms with Crippen LogP contribution in [0.2, 0.25) is 0 Å². The lowest BCUT2D eigenvalue weighted by molar-refractivity contribution is -0.140. The molecule has 0 radical (unpaired) electrons. The predicted octanol–water partition coefficient (Wildman–Crippen LogP) is 1.94. The van der Waals surface area contributed by atoms with Gasteiger partial charge in [-0.25, -0.2) is 0 Å². The zero-order chi connectivity index (χ0) is 17.6. The second kappa shape index (κ2) is 8.34. The lowest BCUT2D eigenvalue weighted by Crippen LogP contribution is -2.41. The van der Waals surface area contributed by atoms with Crippen molar-refractivity contribution in [2.24, 2.45) is 0 Å². The Balaban J connectivity index is 1.58. The molecule has 2 saturated heterocycles. The maximum Gasteiger partial charge on any atom is 0.253 e. The minimum Gasteiger partial charge on any atom is -0.494 e. The van der Waals surface area contributed by atoms with Crippen molar-refractivity contribution in [3.63, 3.8) is 0 Å². The maximum atomic E-state index is 12.7. The van der Waals surface area contributed by atoms with E-state index in [1.54, 1.807) is 12.1 Å². The van der Waals surface area contributed by atoms with Crippen molar-refractivity contribution in [3.05, 3.63) is 29.8 Å². The monoisotopic (exact) mass is 346 g/mol. The fourth-order valence-electron chi connectivity index (χ4n) is 3.36. The maximum absolute atomic E-state index is 12.7. The Kier molecular flexibility index (Phi) is 5.91. The van der Waals surface area contributed by atoms with E-state index in [-0.39, 0.29) is 17.9 Å². The van der Waals surface area contributed by atoms with Gasteiger partial charge in [0.05, 0.1) is 6.61 Å². The smallest absolute Gasteiger partial charge is 0.253 e. The summed E-state index contributed by atoms with van der Waals surface area (Å²) in [5.74, 6) is 0.852. The molecule has 2 aliphatic rings. The second-order valence-electron chi connectivity index (χ2n) is 6.43. The normalized spacial score (nSPS) is 21.1. The topological polar surface area (TPSA) is 59.1 Å². The van der Waals surface area contributed by atoms with E-state index in [1.807, 2.05) is 28.9 Å². The Morgan fingerprint density at radius 1 is 1.08 bits per heavy atom. The van der Waals surface area contributed by atoms with Crippen molar-refractivity contribution in [3.8, 4) is 5.75 Å². The Labute approximate surface area is 148 Å². The largest absolute Gasteiger partial charge is 0.494 e. The summed E-state index contributed by atoms with van der Waals surface area (Å²) in [4.78, 5) is 28.9. The van der Waals surface area contributed by atoms with Crippen LogP contribution in [0.3, 0.4) is 0 Å². The molecule has 2 aliphatic heterocycles. The fourth-order valence-corrected chi connectivity index (χ4v) is 3.36. The molecule has 2 fully saturated rings. The molecule has 0 bridgehead atoms. The highest BCUT2D eigenvalue weighted by atomic mass is 16.5. The number of ether oxygens (including phenoxy) is 2. The van der Waals surface area contributed by atoms with E-state index in [0.29, 0.717) is 45.0 Å². The summed E-state index contributed by atoms with van der Waals surface area (Å²) in [6, 6.07) is 7.24. The van der Waals surface area contributed by atoms with Crippen molar-refractivity contribution >= 4 is 11.8 Å². The van der Waals surface area contributed by atoms with Gasteiger partial charge in [-0.1, -0.05) is 0 Å². The first-order chi connectivity index (χ1) is 12.2. The summed E-state index contributed by atoms with van der Waals surface area (Å²) in [7, 11) is 0. The number of nitrogens with zero attached hydrogens (tertiary/aromatic N) is 2. The number of carbonyl (C=O) groups excluding carboxylic acids is 2. The molecule has 0 N–H and O–H groups in total. The fraction of sp³-hybridized carbons (Fsp3) is 0.579. The van der Waals surface area contributed by atoms with Gasteiger partial charge in [0, 0.05) is 38.3 Å². The first kappa shape index (κ1) is 17.7. The molecule has 6 nitrogen and oxygen atoms in total. The molecule has 1 aromatic rings. The van der Waals surface area contributed by atoms with Crippen LogP contribution in [0, 0.1) is 0 Å². The van der Waals surface area contributed by atoms with Crippen molar-refractivity contribution in [1.82, 2.24) is 9.80 Å². The zero-order valence-corrected chi connectivity index (χ0v) is 14.8. The van der Waals surface area contributed by atoms with Crippen LogP contribution in [-0.2, 0) is 9.53 Å². The molecule has 0 aromatic heterocycles. The van der Waals surface area contributed by atoms with Gasteiger partial charge in [-0.3, -0.25) is 9.59 Å². The molecule has 2 heterocycles. The number of rotatable bonds is 4. The predicted molar refractivity (Wildman–Crippen MR) is 93.7 cm³/mol. The van der Waals surface area contributed by atoms with Crippen molar-refractivity contribution in [2.75, 3.05) is 39.4 Å². The summed E-state index contributed by atoms with van der Waals surface area (Å²) in [6.45, 7) is 5.69. The van der Waals surface area contributed by atoms with Crippen LogP contribution in [0.1, 0.15) is 36.5 Å². The number of carbonyl (C=O) groups is 2. The van der Waals surface area contributed by atoms with Crippen LogP contribution < -0.4 is 4.74 Å². The molecule has 3 rings (SSSR count). The third-order valence-corrected chi connectivity index (χ3v) is 4.71. The van der Waals surface area contributed by atoms with Crippen LogP contribution in [0.4, 0.5) is 0 Å². The quantitative estimate of drug-likeness (QED) is 0.836. The number of hydrogen-bond donors (Lipinski definition) is 0. The summed E-state index contributed by atoms with van der Waals surface area (Å²) >= 11 is 0. The van der Waals surface area contributed by atoms with Gasteiger partial charge < -0.3 is 19.3 Å². The van der Waals surface area contributed by atoms with E-state index >= 15 is 0 Å². The Bertz CT molecular complexity index is 596. The van der Waals surface area contributed by atoms with Gasteiger partial charge in [-0.15, -0.1) is 0 Å². The molecule has 0 aliphatic carbocycles. The van der Waals surface area contributed by atoms with E-state index in [9.17, 15) is 9.59 Å². The van der Waals surface area contributed by atoms with Gasteiger partial charge in [0.2, 0.25) is 0 Å². The summed E-state index contributed by atoms with van der Waals surface area (Å²) in [5, 5.41) is 0. The van der Waals surface area contributed by atoms with E-state index in [2.05, 4.69) is 0 Å². The minimum atomic E-state index is -0.284. The standard InChI is InChI=1S/C19H26N2O4/c1-2-24-16-8-6-15(7-9-16)18(22)20-10-4-11-21(13-12-20)19(23)17-5-3-14-25-17/h6-9,17H,2-5,10-14H2,1H3/t17-/m1/s1. The van der Waals surface area contributed by atoms with Gasteiger partial charge >= 0.3 is 0 Å². The average molecular weight is 346 g/mol. The third-order valence-electron chi connectivity index (χ3n) is 4.71. The summed E-state index contributed by atoms with van der Waals surface area (Å²) < 4.78 is 10.9. The first-order valence-electron chi connectivity index (χ1n) is 9.11. The Morgan fingerprint density at radius 2 is 1.80 bits per heavy atom. The lowest BCUT2D eigenvalue weighted by atomic mass is 10.2. The number of amides is 2. The van der Waals surface area contributed by atoms with Gasteiger partial charge in [-0.2, -0.15) is 0 Å². The highest BCUT2D eigenvalue weighted by molar-refractivity contribution is 5.94. The molecular weight excluding hydrogens is 320 g/mol. The average Bonchev–Trinajstić information content (AvgIpc) is 3.06. The van der Waals surface area contributed by atoms with E-state index < -0.39 is 0 Å². The molecule has 0 saturated carbocycles. The van der Waals surface area contributed by atoms with Gasteiger partial charge in [0.25, 0.3) is 11.8 Å². The molecule has 0 spiro atoms. The van der Waals surface area contributed by atoms with Gasteiger partial charge in [-0.05, 0) is 50.5 Å². The molecule has 6 heteroatoms. The van der Waals surface area contributed by atoms with Crippen LogP contribution in [0.25, 0.3) is 0 Å². The van der Waals surface area contributed by atoms with Gasteiger partial charge in [0.1, 0.15) is 11.9 Å². The zero-order valence-electron chi connectivity index (χ0n) is 14.8. The minimum absolute atomic E-state index is 0.00876. The first-order valence-corrected chi connectivity index (χ1v) is 9.11. The van der Waals surface area contributed by atoms with Gasteiger partial charge in [0.15, 0.2) is 0 Å². The SMILES string of the molecule is CCOc1ccc(C(=O)N2CCCN(C(=O)[C@H]3CCCO3)CC2)cc1. The molecule has 1 aromatic carbocycles. The number of benzene rings is 1. The third kappa shape index (κ3) is 4.31. The molecule has 25 heavy (non-hydrogen) atoms. The summed E-state index contributed by atoms with van der Waals surface area (Å²) in [5.41, 5.74) is 0.655. The molecule has 0 unspecified atom stereocenters. The van der Waals surface area contributed by atoms with Crippen molar-refractivity contribution < 1.29 is 19.1 Å². The highest BCUT2D eigenvalue weighted by Crippen LogP contribution is 2.18. The Hall–Kier alpha value is -2.08. The second-order valence-corrected chi connectivity index (χ2v) is 6.43. The van der Waals surface area contributed by atoms with Crippen LogP contribution >= 0.6 is 0 Å². The van der Waals surface area contributed by atoms with E-state index in [1.165, 1.54) is 0 Å². The lowest BCUT2D eigenvalue weighted by Gasteiger charge is -2.24. The summed E-state index contributed by atoms with van der Waals surface area (Å²) in [6.07, 6.45) is 2.27. The molecule has 2 amide bonds. The van der Waals surface area contributed by atoms with Crippen LogP contribution in [0.5, 0.6) is 5.75 Å². The van der Waals surface area contributed by atoms with Crippen molar-refractivity contribution in [1.29, 1.82) is 0 Å². The highest BCUT2D eigenvalue weighted by Gasteiger charge is 2.30. The molecular formula is C19H26N2O4. The molecule has 136 valence electrons. The van der Waals surface area contributed by atoms with Crippen LogP contribution in [0.15, 0.2) is 24.3 Å². The number of hydrogen-bond acceptors (Lipinski definition) is 4. The van der Waals surface area contributed by atoms with E-state index in [4.69, 9.17) is 9.47 Å². The van der Waals surface area contributed by atoms with E-state index in [0.717, 1.165) is 25.0 Å². The van der Waals surface area contributed by atoms with Crippen LogP contribution in [-0.4, -0.2) is 67.1 Å².